The van der Waals surface area contributed by atoms with Gasteiger partial charge in [0.25, 0.3) is 5.91 Å². The lowest BCUT2D eigenvalue weighted by Crippen LogP contribution is -2.24. The van der Waals surface area contributed by atoms with Gasteiger partial charge in [0.1, 0.15) is 11.5 Å². The second kappa shape index (κ2) is 8.72. The number of benzene rings is 2. The number of nitrogens with one attached hydrogen (secondary N) is 3. The molecule has 12 heteroatoms. The molecule has 1 aromatic heterocycles. The first-order chi connectivity index (χ1) is 14.1. The highest BCUT2D eigenvalue weighted by molar-refractivity contribution is 6.31. The summed E-state index contributed by atoms with van der Waals surface area (Å²) in [5.41, 5.74) is -0.894. The second-order valence-electron chi connectivity index (χ2n) is 5.85. The molecule has 1 heterocycles. The predicted octanol–water partition coefficient (Wildman–Crippen LogP) is 5.59. The molecule has 1 amide bonds. The van der Waals surface area contributed by atoms with Gasteiger partial charge in [-0.3, -0.25) is 9.89 Å². The zero-order chi connectivity index (χ0) is 21.9. The van der Waals surface area contributed by atoms with Gasteiger partial charge in [0.2, 0.25) is 5.96 Å². The van der Waals surface area contributed by atoms with Gasteiger partial charge < -0.3 is 10.6 Å². The van der Waals surface area contributed by atoms with Crippen LogP contribution in [0, 0.1) is 5.82 Å². The summed E-state index contributed by atoms with van der Waals surface area (Å²) in [4.78, 5) is 16.3. The van der Waals surface area contributed by atoms with Gasteiger partial charge in [-0.25, -0.2) is 4.39 Å². The van der Waals surface area contributed by atoms with Crippen molar-refractivity contribution < 1.29 is 22.4 Å². The second-order valence-corrected chi connectivity index (χ2v) is 6.72. The number of rotatable bonds is 3. The monoisotopic (exact) mass is 466 g/mol. The molecule has 0 saturated heterocycles. The SMILES string of the molecule is O=C(/N=[13C](/Nc1cc(F)cc(Cl)c1)Nc1cc(C(F)(F)F)[nH]n1)[13c]1[13cH][13cH][13cH][13c](Cl)[13cH]1. The first-order valence-corrected chi connectivity index (χ1v) is 8.87. The van der Waals surface area contributed by atoms with Crippen molar-refractivity contribution in [2.45, 2.75) is 6.18 Å². The van der Waals surface area contributed by atoms with Crippen LogP contribution in [-0.4, -0.2) is 22.1 Å². The average Bonchev–Trinajstić information content (AvgIpc) is 3.09. The quantitative estimate of drug-likeness (QED) is 0.203. The highest BCUT2D eigenvalue weighted by atomic mass is 35.5. The van der Waals surface area contributed by atoms with Crippen molar-refractivity contribution in [1.29, 1.82) is 0 Å². The lowest BCUT2D eigenvalue weighted by Gasteiger charge is -2.11. The van der Waals surface area contributed by atoms with E-state index < -0.39 is 23.6 Å². The molecular weight excluding hydrogens is 456 g/mol. The molecule has 30 heavy (non-hydrogen) atoms. The van der Waals surface area contributed by atoms with Crippen LogP contribution >= 0.6 is 23.2 Å². The number of anilines is 2. The van der Waals surface area contributed by atoms with Crippen molar-refractivity contribution in [2.75, 3.05) is 10.6 Å². The van der Waals surface area contributed by atoms with Gasteiger partial charge in [-0.05, 0) is 36.4 Å². The molecule has 0 atom stereocenters. The van der Waals surface area contributed by atoms with Crippen molar-refractivity contribution in [2.24, 2.45) is 4.99 Å². The molecule has 0 unspecified atom stereocenters. The number of alkyl halides is 3. The third-order valence-electron chi connectivity index (χ3n) is 3.54. The lowest BCUT2D eigenvalue weighted by atomic mass is 10.3. The molecular formula is C18H11Cl2F4N5O. The van der Waals surface area contributed by atoms with Crippen LogP contribution in [0.2, 0.25) is 10.0 Å². The zero-order valence-electron chi connectivity index (χ0n) is 14.7. The van der Waals surface area contributed by atoms with Crippen LogP contribution in [0.15, 0.2) is 53.5 Å². The van der Waals surface area contributed by atoms with E-state index in [4.69, 9.17) is 23.2 Å². The first kappa shape index (κ1) is 21.6. The molecule has 0 fully saturated rings. The van der Waals surface area contributed by atoms with Crippen molar-refractivity contribution >= 4 is 46.6 Å². The van der Waals surface area contributed by atoms with Gasteiger partial charge in [-0.15, -0.1) is 0 Å². The molecule has 3 rings (SSSR count). The van der Waals surface area contributed by atoms with Crippen molar-refractivity contribution in [3.63, 3.8) is 0 Å². The Morgan fingerprint density at radius 1 is 1.03 bits per heavy atom. The third-order valence-corrected chi connectivity index (χ3v) is 3.99. The van der Waals surface area contributed by atoms with Crippen LogP contribution in [-0.2, 0) is 6.18 Å². The van der Waals surface area contributed by atoms with Crippen LogP contribution in [0.25, 0.3) is 0 Å². The maximum Gasteiger partial charge on any atom is 0.432 e. The summed E-state index contributed by atoms with van der Waals surface area (Å²) in [5, 5.41) is 10.7. The van der Waals surface area contributed by atoms with Crippen LogP contribution in [0.3, 0.4) is 0 Å². The molecule has 0 bridgehead atoms. The molecule has 156 valence electrons. The standard InChI is InChI=1S/C18H11Cl2F4N5O/c19-10-3-1-2-9(4-10)16(30)27-17(25-13-6-11(20)5-12(21)7-13)26-15-8-14(28-29-15)18(22,23)24/h1-8H,(H3,25,26,27,28,29,30)/i1+1,2+1,3+1,4+1,9+1,10+1,17+1. The predicted molar refractivity (Wildman–Crippen MR) is 105 cm³/mol. The van der Waals surface area contributed by atoms with E-state index >= 15 is 0 Å². The Labute approximate surface area is 176 Å². The Morgan fingerprint density at radius 3 is 2.43 bits per heavy atom. The fourth-order valence-electron chi connectivity index (χ4n) is 2.29. The van der Waals surface area contributed by atoms with Gasteiger partial charge in [-0.2, -0.15) is 23.3 Å². The van der Waals surface area contributed by atoms with Crippen LogP contribution in [0.1, 0.15) is 16.1 Å². The molecule has 2 aromatic carbocycles. The summed E-state index contributed by atoms with van der Waals surface area (Å²) in [6, 6.07) is 10.0. The number of amides is 1. The number of aromatic amines is 1. The van der Waals surface area contributed by atoms with E-state index in [0.29, 0.717) is 6.07 Å². The number of H-pyrrole nitrogens is 1. The Bertz CT molecular complexity index is 1090. The third kappa shape index (κ3) is 5.71. The largest absolute Gasteiger partial charge is 0.432 e. The molecule has 0 saturated carbocycles. The minimum atomic E-state index is -4.65. The van der Waals surface area contributed by atoms with E-state index in [1.807, 2.05) is 5.10 Å². The molecule has 0 radical (unpaired) electrons. The minimum absolute atomic E-state index is 0.0529. The van der Waals surface area contributed by atoms with Gasteiger partial charge in [-0.1, -0.05) is 29.3 Å². The number of halogens is 6. The smallest absolute Gasteiger partial charge is 0.325 e. The van der Waals surface area contributed by atoms with Gasteiger partial charge in [0, 0.05) is 27.4 Å². The van der Waals surface area contributed by atoms with Crippen molar-refractivity contribution in [3.05, 3.63) is 75.7 Å². The van der Waals surface area contributed by atoms with Crippen LogP contribution in [0.4, 0.5) is 29.1 Å². The summed E-state index contributed by atoms with van der Waals surface area (Å²) in [6.45, 7) is 0. The van der Waals surface area contributed by atoms with Gasteiger partial charge in [0.05, 0.1) is 0 Å². The Balaban J connectivity index is 1.93. The van der Waals surface area contributed by atoms with E-state index in [1.165, 1.54) is 24.3 Å². The van der Waals surface area contributed by atoms with Gasteiger partial charge >= 0.3 is 6.18 Å². The normalized spacial score (nSPS) is 12.0. The molecule has 6 nitrogen and oxygen atoms in total. The summed E-state index contributed by atoms with van der Waals surface area (Å²) in [5.74, 6) is -2.04. The van der Waals surface area contributed by atoms with E-state index in [1.54, 1.807) is 6.07 Å². The summed E-state index contributed by atoms with van der Waals surface area (Å²) in [6.07, 6.45) is -4.65. The number of nitrogens with zero attached hydrogens (tertiary/aromatic N) is 2. The molecule has 0 aliphatic rings. The Morgan fingerprint density at radius 2 is 1.80 bits per heavy atom. The minimum Gasteiger partial charge on any atom is -0.325 e. The number of aromatic nitrogens is 2. The number of guanidine groups is 1. The topological polar surface area (TPSA) is 82.2 Å². The summed E-state index contributed by atoms with van der Waals surface area (Å²) in [7, 11) is 0. The number of hydrogen-bond acceptors (Lipinski definition) is 2. The molecule has 3 N–H and O–H groups in total. The Kier molecular flexibility index (Phi) is 6.28. The Hall–Kier alpha value is -3.11. The molecule has 3 aromatic rings. The average molecular weight is 467 g/mol. The van der Waals surface area contributed by atoms with E-state index in [-0.39, 0.29) is 33.1 Å². The van der Waals surface area contributed by atoms with Gasteiger partial charge in [0.15, 0.2) is 5.82 Å². The van der Waals surface area contributed by atoms with Crippen molar-refractivity contribution in [3.8, 4) is 0 Å². The highest BCUT2D eigenvalue weighted by Gasteiger charge is 2.33. The number of carbonyl (C=O) groups excluding carboxylic acids is 1. The molecule has 0 aliphatic carbocycles. The maximum absolute atomic E-state index is 13.6. The van der Waals surface area contributed by atoms with Crippen LogP contribution < -0.4 is 10.6 Å². The lowest BCUT2D eigenvalue weighted by molar-refractivity contribution is -0.141. The number of hydrogen-bond donors (Lipinski definition) is 3. The molecule has 0 spiro atoms. The van der Waals surface area contributed by atoms with Crippen LogP contribution in [0.5, 0.6) is 0 Å². The first-order valence-electron chi connectivity index (χ1n) is 8.11. The number of aliphatic imine (C=N–C) groups is 1. The van der Waals surface area contributed by atoms with E-state index in [9.17, 15) is 22.4 Å². The highest BCUT2D eigenvalue weighted by Crippen LogP contribution is 2.28. The summed E-state index contributed by atoms with van der Waals surface area (Å²) >= 11 is 11.7. The summed E-state index contributed by atoms with van der Waals surface area (Å²) < 4.78 is 51.9. The fraction of sp³-hybridized carbons (Fsp3) is 0.0556. The fourth-order valence-corrected chi connectivity index (χ4v) is 2.70. The van der Waals surface area contributed by atoms with Crippen molar-refractivity contribution in [1.82, 2.24) is 10.2 Å². The number of carbonyl (C=O) groups is 1. The zero-order valence-corrected chi connectivity index (χ0v) is 16.2. The van der Waals surface area contributed by atoms with E-state index in [0.717, 1.165) is 12.1 Å². The molecule has 0 aliphatic heterocycles. The maximum atomic E-state index is 13.6. The van der Waals surface area contributed by atoms with E-state index in [2.05, 4.69) is 20.7 Å².